The Morgan fingerprint density at radius 3 is 2.62 bits per heavy atom. The van der Waals surface area contributed by atoms with E-state index in [1.165, 1.54) is 11.8 Å². The Bertz CT molecular complexity index is 517. The molecule has 0 aromatic heterocycles. The number of aliphatic hydroxyl groups excluding tert-OH is 3. The summed E-state index contributed by atoms with van der Waals surface area (Å²) in [5.41, 5.74) is 0.253. The molecule has 0 spiro atoms. The zero-order valence-electron chi connectivity index (χ0n) is 13.4. The number of nitrogens with one attached hydrogen (secondary N) is 1. The van der Waals surface area contributed by atoms with Crippen LogP contribution >= 0.6 is 11.8 Å². The molecule has 0 unspecified atom stereocenters. The summed E-state index contributed by atoms with van der Waals surface area (Å²) in [5, 5.41) is 32.0. The number of amides is 1. The zero-order valence-corrected chi connectivity index (χ0v) is 14.2. The number of ether oxygens (including phenoxy) is 2. The molecule has 0 aliphatic carbocycles. The fraction of sp³-hybridized carbons (Fsp3) is 0.562. The van der Waals surface area contributed by atoms with Crippen LogP contribution in [0.3, 0.4) is 0 Å². The minimum atomic E-state index is -1.33. The second kappa shape index (κ2) is 9.24. The molecule has 0 bridgehead atoms. The lowest BCUT2D eigenvalue weighted by atomic mass is 10.0. The molecule has 1 aliphatic rings. The summed E-state index contributed by atoms with van der Waals surface area (Å²) < 4.78 is 10.8. The highest BCUT2D eigenvalue weighted by atomic mass is 32.2. The predicted molar refractivity (Wildman–Crippen MR) is 89.4 cm³/mol. The number of hydrogen-bond donors (Lipinski definition) is 4. The number of aliphatic hydroxyl groups is 3. The van der Waals surface area contributed by atoms with Gasteiger partial charge in [-0.3, -0.25) is 0 Å². The van der Waals surface area contributed by atoms with E-state index in [4.69, 9.17) is 9.47 Å². The molecule has 7 nitrogen and oxygen atoms in total. The molecular formula is C16H23NO6S. The van der Waals surface area contributed by atoms with E-state index >= 15 is 0 Å². The zero-order chi connectivity index (χ0) is 17.5. The molecule has 134 valence electrons. The van der Waals surface area contributed by atoms with Crippen molar-refractivity contribution in [2.24, 2.45) is 0 Å². The van der Waals surface area contributed by atoms with Crippen molar-refractivity contribution < 1.29 is 29.6 Å². The molecular weight excluding hydrogens is 334 g/mol. The number of alkyl carbamates (subject to hydrolysis) is 1. The molecule has 24 heavy (non-hydrogen) atoms. The first kappa shape index (κ1) is 19.0. The van der Waals surface area contributed by atoms with Gasteiger partial charge in [-0.15, -0.1) is 11.8 Å². The van der Waals surface area contributed by atoms with Crippen LogP contribution in [0.5, 0.6) is 0 Å². The van der Waals surface area contributed by atoms with E-state index in [2.05, 4.69) is 5.32 Å². The van der Waals surface area contributed by atoms with Crippen molar-refractivity contribution in [3.8, 4) is 0 Å². The minimum absolute atomic E-state index is 0.288. The summed E-state index contributed by atoms with van der Waals surface area (Å²) in [7, 11) is 0. The van der Waals surface area contributed by atoms with Crippen molar-refractivity contribution in [2.45, 2.75) is 43.3 Å². The van der Waals surface area contributed by atoms with E-state index < -0.39 is 42.6 Å². The van der Waals surface area contributed by atoms with E-state index in [-0.39, 0.29) is 6.54 Å². The summed E-state index contributed by atoms with van der Waals surface area (Å²) in [5.74, 6) is 0.664. The molecule has 1 saturated heterocycles. The number of thioether (sulfide) groups is 1. The monoisotopic (exact) mass is 357 g/mol. The van der Waals surface area contributed by atoms with Gasteiger partial charge in [-0.1, -0.05) is 37.3 Å². The van der Waals surface area contributed by atoms with E-state index in [0.29, 0.717) is 5.75 Å². The van der Waals surface area contributed by atoms with Crippen LogP contribution in [-0.4, -0.2) is 63.6 Å². The molecule has 0 saturated carbocycles. The number of benzene rings is 1. The van der Waals surface area contributed by atoms with Crippen molar-refractivity contribution in [1.82, 2.24) is 5.32 Å². The summed E-state index contributed by atoms with van der Waals surface area (Å²) in [4.78, 5) is 12.0. The molecule has 1 heterocycles. The van der Waals surface area contributed by atoms with Crippen LogP contribution in [0, 0.1) is 0 Å². The van der Waals surface area contributed by atoms with E-state index in [9.17, 15) is 20.1 Å². The molecule has 4 N–H and O–H groups in total. The van der Waals surface area contributed by atoms with Gasteiger partial charge in [0.15, 0.2) is 6.10 Å². The third-order valence-corrected chi connectivity index (χ3v) is 4.72. The van der Waals surface area contributed by atoms with Crippen LogP contribution in [0.2, 0.25) is 0 Å². The third kappa shape index (κ3) is 4.84. The minimum Gasteiger partial charge on any atom is -0.440 e. The topological polar surface area (TPSA) is 108 Å². The van der Waals surface area contributed by atoms with Gasteiger partial charge in [-0.2, -0.15) is 0 Å². The first-order valence-electron chi connectivity index (χ1n) is 7.79. The second-order valence-corrected chi connectivity index (χ2v) is 6.75. The van der Waals surface area contributed by atoms with Crippen molar-refractivity contribution in [3.63, 3.8) is 0 Å². The average Bonchev–Trinajstić information content (AvgIpc) is 2.60. The van der Waals surface area contributed by atoms with Gasteiger partial charge in [0.05, 0.1) is 6.61 Å². The molecule has 1 amide bonds. The van der Waals surface area contributed by atoms with E-state index in [1.807, 2.05) is 37.3 Å². The maximum Gasteiger partial charge on any atom is 0.407 e. The van der Waals surface area contributed by atoms with Gasteiger partial charge in [0.2, 0.25) is 0 Å². The van der Waals surface area contributed by atoms with Crippen LogP contribution in [0.15, 0.2) is 30.3 Å². The fourth-order valence-corrected chi connectivity index (χ4v) is 3.37. The molecule has 8 heteroatoms. The summed E-state index contributed by atoms with van der Waals surface area (Å²) in [6, 6.07) is 9.33. The number of hydrogen-bond acceptors (Lipinski definition) is 7. The lowest BCUT2D eigenvalue weighted by Crippen LogP contribution is -2.59. The van der Waals surface area contributed by atoms with Gasteiger partial charge in [-0.25, -0.2) is 4.79 Å². The Balaban J connectivity index is 1.95. The Kier molecular flexibility index (Phi) is 7.32. The predicted octanol–water partition coefficient (Wildman–Crippen LogP) is 0.473. The molecule has 1 aliphatic heterocycles. The van der Waals surface area contributed by atoms with Crippen LogP contribution < -0.4 is 5.32 Å². The van der Waals surface area contributed by atoms with E-state index in [0.717, 1.165) is 5.56 Å². The highest BCUT2D eigenvalue weighted by molar-refractivity contribution is 7.99. The third-order valence-electron chi connectivity index (χ3n) is 3.68. The van der Waals surface area contributed by atoms with Gasteiger partial charge < -0.3 is 30.1 Å². The largest absolute Gasteiger partial charge is 0.440 e. The summed E-state index contributed by atoms with van der Waals surface area (Å²) in [6.45, 7) is 1.76. The Labute approximate surface area is 145 Å². The van der Waals surface area contributed by atoms with E-state index in [1.54, 1.807) is 0 Å². The van der Waals surface area contributed by atoms with Crippen LogP contribution in [-0.2, 0) is 16.0 Å². The molecule has 1 aromatic carbocycles. The van der Waals surface area contributed by atoms with Gasteiger partial charge in [0, 0.05) is 6.54 Å². The number of rotatable bonds is 6. The Morgan fingerprint density at radius 1 is 1.29 bits per heavy atom. The Morgan fingerprint density at radius 2 is 2.00 bits per heavy atom. The first-order chi connectivity index (χ1) is 11.6. The van der Waals surface area contributed by atoms with Gasteiger partial charge in [0.25, 0.3) is 0 Å². The first-order valence-corrected chi connectivity index (χ1v) is 8.84. The van der Waals surface area contributed by atoms with Gasteiger partial charge >= 0.3 is 6.09 Å². The number of carbonyl (C=O) groups excluding carboxylic acids is 1. The molecule has 0 radical (unpaired) electrons. The second-order valence-electron chi connectivity index (χ2n) is 5.37. The number of carbonyl (C=O) groups is 1. The quantitative estimate of drug-likeness (QED) is 0.586. The van der Waals surface area contributed by atoms with Crippen LogP contribution in [0.4, 0.5) is 4.79 Å². The lowest BCUT2D eigenvalue weighted by molar-refractivity contribution is -0.205. The highest BCUT2D eigenvalue weighted by Crippen LogP contribution is 2.30. The maximum absolute atomic E-state index is 12.0. The average molecular weight is 357 g/mol. The maximum atomic E-state index is 12.0. The Hall–Kier alpha value is -1.32. The standard InChI is InChI=1S/C16H23NO6S/c1-2-24-15-14(13(20)12(19)11(9-18)22-15)23-16(21)17-8-10-6-4-3-5-7-10/h3-7,11-15,18-20H,2,8-9H2,1H3,(H,17,21)/t11-,12-,13+,14-,15+/m1/s1. The van der Waals surface area contributed by atoms with Crippen LogP contribution in [0.25, 0.3) is 0 Å². The van der Waals surface area contributed by atoms with Gasteiger partial charge in [-0.05, 0) is 11.3 Å². The fourth-order valence-electron chi connectivity index (χ4n) is 2.42. The highest BCUT2D eigenvalue weighted by Gasteiger charge is 2.46. The van der Waals surface area contributed by atoms with Crippen LogP contribution in [0.1, 0.15) is 12.5 Å². The van der Waals surface area contributed by atoms with Crippen molar-refractivity contribution in [2.75, 3.05) is 12.4 Å². The lowest BCUT2D eigenvalue weighted by Gasteiger charge is -2.41. The van der Waals surface area contributed by atoms with Crippen molar-refractivity contribution >= 4 is 17.9 Å². The normalized spacial score (nSPS) is 29.9. The van der Waals surface area contributed by atoms with Crippen molar-refractivity contribution in [3.05, 3.63) is 35.9 Å². The molecule has 5 atom stereocenters. The van der Waals surface area contributed by atoms with Crippen molar-refractivity contribution in [1.29, 1.82) is 0 Å². The molecule has 1 aromatic rings. The SMILES string of the molecule is CCS[C@@H]1O[C@H](CO)[C@@H](O)[C@H](O)[C@H]1OC(=O)NCc1ccccc1. The van der Waals surface area contributed by atoms with Gasteiger partial charge in [0.1, 0.15) is 23.7 Å². The summed E-state index contributed by atoms with van der Waals surface area (Å²) >= 11 is 1.33. The smallest absolute Gasteiger partial charge is 0.407 e. The summed E-state index contributed by atoms with van der Waals surface area (Å²) in [6.07, 6.45) is -5.29. The molecule has 1 fully saturated rings. The molecule has 2 rings (SSSR count).